The van der Waals surface area contributed by atoms with Crippen LogP contribution in [0.3, 0.4) is 0 Å². The average molecular weight is 580 g/mol. The second-order valence-electron chi connectivity index (χ2n) is 8.61. The molecule has 4 aromatic rings. The van der Waals surface area contributed by atoms with E-state index in [0.717, 1.165) is 22.4 Å². The minimum Gasteiger partial charge on any atom is -0.496 e. The molecule has 1 amide bonds. The molecule has 0 atom stereocenters. The predicted molar refractivity (Wildman–Crippen MR) is 151 cm³/mol. The second-order valence-corrected chi connectivity index (χ2v) is 11.3. The van der Waals surface area contributed by atoms with Gasteiger partial charge in [-0.1, -0.05) is 48.0 Å². The van der Waals surface area contributed by atoms with Crippen molar-refractivity contribution in [1.29, 1.82) is 0 Å². The number of carbonyl (C=O) groups is 1. The lowest BCUT2D eigenvalue weighted by atomic mass is 10.1. The monoisotopic (exact) mass is 578 g/mol. The summed E-state index contributed by atoms with van der Waals surface area (Å²) in [7, 11) is -2.39. The largest absolute Gasteiger partial charge is 0.496 e. The van der Waals surface area contributed by atoms with Gasteiger partial charge in [-0.2, -0.15) is 0 Å². The number of ether oxygens (including phenoxy) is 1. The van der Waals surface area contributed by atoms with E-state index < -0.39 is 10.0 Å². The Morgan fingerprint density at radius 2 is 1.59 bits per heavy atom. The van der Waals surface area contributed by atoms with Gasteiger partial charge in [0, 0.05) is 11.3 Å². The van der Waals surface area contributed by atoms with E-state index in [0.29, 0.717) is 21.5 Å². The third kappa shape index (κ3) is 6.03. The van der Waals surface area contributed by atoms with Crippen LogP contribution in [0.5, 0.6) is 5.75 Å². The maximum Gasteiger partial charge on any atom is 0.264 e. The van der Waals surface area contributed by atoms with Gasteiger partial charge in [-0.15, -0.1) is 0 Å². The second kappa shape index (κ2) is 11.2. The van der Waals surface area contributed by atoms with Crippen LogP contribution in [0.25, 0.3) is 0 Å². The molecular weight excluding hydrogens is 552 g/mol. The molecule has 4 aromatic carbocycles. The minimum atomic E-state index is -3.92. The van der Waals surface area contributed by atoms with Crippen LogP contribution in [0.15, 0.2) is 100 Å². The summed E-state index contributed by atoms with van der Waals surface area (Å²) in [6, 6.07) is 26.5. The zero-order chi connectivity index (χ0) is 26.6. The Balaban J connectivity index is 1.63. The predicted octanol–water partition coefficient (Wildman–Crippen LogP) is 6.72. The van der Waals surface area contributed by atoms with Gasteiger partial charge < -0.3 is 10.1 Å². The number of halogens is 1. The van der Waals surface area contributed by atoms with Crippen molar-refractivity contribution in [2.75, 3.05) is 16.7 Å². The van der Waals surface area contributed by atoms with Crippen LogP contribution >= 0.6 is 15.9 Å². The number of aryl methyl sites for hydroxylation is 2. The lowest BCUT2D eigenvalue weighted by Gasteiger charge is -2.25. The van der Waals surface area contributed by atoms with Gasteiger partial charge in [0.25, 0.3) is 15.9 Å². The van der Waals surface area contributed by atoms with E-state index in [2.05, 4.69) is 21.2 Å². The van der Waals surface area contributed by atoms with E-state index in [1.165, 1.54) is 23.5 Å². The summed E-state index contributed by atoms with van der Waals surface area (Å²) in [6.45, 7) is 3.97. The van der Waals surface area contributed by atoms with Crippen LogP contribution < -0.4 is 14.4 Å². The van der Waals surface area contributed by atoms with Gasteiger partial charge in [0.1, 0.15) is 5.75 Å². The molecule has 4 rings (SSSR count). The number of hydrogen-bond donors (Lipinski definition) is 1. The maximum atomic E-state index is 13.8. The van der Waals surface area contributed by atoms with Crippen molar-refractivity contribution < 1.29 is 17.9 Å². The third-order valence-electron chi connectivity index (χ3n) is 5.97. The zero-order valence-electron chi connectivity index (χ0n) is 20.7. The van der Waals surface area contributed by atoms with Crippen molar-refractivity contribution in [3.63, 3.8) is 0 Å². The van der Waals surface area contributed by atoms with Crippen LogP contribution in [0.4, 0.5) is 11.4 Å². The molecule has 8 heteroatoms. The molecular formula is C29H27BrN2O4S. The molecule has 0 fully saturated rings. The number of para-hydroxylation sites is 1. The molecule has 0 heterocycles. The lowest BCUT2D eigenvalue weighted by Crippen LogP contribution is -2.30. The number of benzene rings is 4. The van der Waals surface area contributed by atoms with Gasteiger partial charge >= 0.3 is 0 Å². The Labute approximate surface area is 226 Å². The molecule has 0 bridgehead atoms. The van der Waals surface area contributed by atoms with Gasteiger partial charge in [0.15, 0.2) is 0 Å². The molecule has 0 aliphatic heterocycles. The molecule has 0 spiro atoms. The number of sulfonamides is 1. The molecule has 190 valence electrons. The summed E-state index contributed by atoms with van der Waals surface area (Å²) < 4.78 is 34.7. The Kier molecular flexibility index (Phi) is 8.00. The summed E-state index contributed by atoms with van der Waals surface area (Å²) in [6.07, 6.45) is 0. The normalized spacial score (nSPS) is 11.1. The lowest BCUT2D eigenvalue weighted by molar-refractivity contribution is 0.102. The molecule has 0 aliphatic rings. The Hall–Kier alpha value is -3.62. The summed E-state index contributed by atoms with van der Waals surface area (Å²) in [5.41, 5.74) is 4.51. The van der Waals surface area contributed by atoms with Crippen LogP contribution in [-0.4, -0.2) is 21.4 Å². The molecule has 37 heavy (non-hydrogen) atoms. The standard InChI is InChI=1S/C29H27BrN2O4S/c1-20-8-14-24(15-9-20)32(37(34,35)25-16-17-28(36-3)26(30)18-25)19-22-10-12-23(13-11-22)29(33)31-27-7-5-4-6-21(27)2/h4-18H,19H2,1-3H3,(H,31,33). The first-order chi connectivity index (χ1) is 17.7. The number of methoxy groups -OCH3 is 1. The van der Waals surface area contributed by atoms with E-state index in [4.69, 9.17) is 4.74 Å². The highest BCUT2D eigenvalue weighted by Gasteiger charge is 2.26. The number of hydrogen-bond acceptors (Lipinski definition) is 4. The van der Waals surface area contributed by atoms with Gasteiger partial charge in [0.2, 0.25) is 0 Å². The highest BCUT2D eigenvalue weighted by atomic mass is 79.9. The quantitative estimate of drug-likeness (QED) is 0.252. The fraction of sp³-hybridized carbons (Fsp3) is 0.138. The van der Waals surface area contributed by atoms with Gasteiger partial charge in [-0.05, 0) is 89.4 Å². The van der Waals surface area contributed by atoms with Crippen molar-refractivity contribution in [2.45, 2.75) is 25.3 Å². The Morgan fingerprint density at radius 1 is 0.919 bits per heavy atom. The number of nitrogens with one attached hydrogen (secondary N) is 1. The third-order valence-corrected chi connectivity index (χ3v) is 8.36. The van der Waals surface area contributed by atoms with Gasteiger partial charge in [-0.25, -0.2) is 8.42 Å². The number of nitrogens with zero attached hydrogens (tertiary/aromatic N) is 1. The Bertz CT molecular complexity index is 1520. The topological polar surface area (TPSA) is 75.7 Å². The smallest absolute Gasteiger partial charge is 0.264 e. The van der Waals surface area contributed by atoms with E-state index in [1.54, 1.807) is 42.5 Å². The molecule has 6 nitrogen and oxygen atoms in total. The van der Waals surface area contributed by atoms with E-state index in [1.807, 2.05) is 50.2 Å². The molecule has 0 radical (unpaired) electrons. The molecule has 0 aromatic heterocycles. The van der Waals surface area contributed by atoms with Crippen molar-refractivity contribution in [1.82, 2.24) is 0 Å². The van der Waals surface area contributed by atoms with Crippen LogP contribution in [0.2, 0.25) is 0 Å². The number of carbonyl (C=O) groups excluding carboxylic acids is 1. The highest BCUT2D eigenvalue weighted by Crippen LogP contribution is 2.32. The highest BCUT2D eigenvalue weighted by molar-refractivity contribution is 9.10. The van der Waals surface area contributed by atoms with Gasteiger partial charge in [0.05, 0.1) is 28.7 Å². The van der Waals surface area contributed by atoms with E-state index in [9.17, 15) is 13.2 Å². The van der Waals surface area contributed by atoms with E-state index in [-0.39, 0.29) is 17.3 Å². The summed E-state index contributed by atoms with van der Waals surface area (Å²) in [4.78, 5) is 12.9. The van der Waals surface area contributed by atoms with Crippen molar-refractivity contribution in [3.05, 3.63) is 118 Å². The number of anilines is 2. The molecule has 0 aliphatic carbocycles. The van der Waals surface area contributed by atoms with Crippen molar-refractivity contribution in [3.8, 4) is 5.75 Å². The average Bonchev–Trinajstić information content (AvgIpc) is 2.89. The minimum absolute atomic E-state index is 0.0920. The van der Waals surface area contributed by atoms with Crippen LogP contribution in [0.1, 0.15) is 27.0 Å². The first-order valence-corrected chi connectivity index (χ1v) is 13.8. The summed E-state index contributed by atoms with van der Waals surface area (Å²) in [5.74, 6) is 0.312. The maximum absolute atomic E-state index is 13.8. The zero-order valence-corrected chi connectivity index (χ0v) is 23.1. The van der Waals surface area contributed by atoms with Crippen molar-refractivity contribution >= 4 is 43.2 Å². The van der Waals surface area contributed by atoms with Crippen molar-refractivity contribution in [2.24, 2.45) is 0 Å². The number of rotatable bonds is 8. The molecule has 0 saturated heterocycles. The van der Waals surface area contributed by atoms with Gasteiger partial charge in [-0.3, -0.25) is 9.10 Å². The SMILES string of the molecule is COc1ccc(S(=O)(=O)N(Cc2ccc(C(=O)Nc3ccccc3C)cc2)c2ccc(C)cc2)cc1Br. The van der Waals surface area contributed by atoms with E-state index >= 15 is 0 Å². The fourth-order valence-corrected chi connectivity index (χ4v) is 5.97. The summed E-state index contributed by atoms with van der Waals surface area (Å²) >= 11 is 3.39. The van der Waals surface area contributed by atoms with Crippen LogP contribution in [-0.2, 0) is 16.6 Å². The molecule has 0 saturated carbocycles. The summed E-state index contributed by atoms with van der Waals surface area (Å²) in [5, 5.41) is 2.92. The molecule has 1 N–H and O–H groups in total. The molecule has 0 unspecified atom stereocenters. The fourth-order valence-electron chi connectivity index (χ4n) is 3.80. The first-order valence-electron chi connectivity index (χ1n) is 11.6. The van der Waals surface area contributed by atoms with Crippen LogP contribution in [0, 0.1) is 13.8 Å². The Morgan fingerprint density at radius 3 is 2.22 bits per heavy atom. The number of amides is 1. The first kappa shape index (κ1) is 26.4.